The Kier molecular flexibility index (Phi) is 4.55. The second-order valence-electron chi connectivity index (χ2n) is 4.33. The highest BCUT2D eigenvalue weighted by Crippen LogP contribution is 2.08. The Morgan fingerprint density at radius 3 is 2.71 bits per heavy atom. The first-order chi connectivity index (χ1) is 6.63. The first kappa shape index (κ1) is 11.7. The molecule has 1 aliphatic rings. The highest BCUT2D eigenvalue weighted by atomic mass is 16.1. The van der Waals surface area contributed by atoms with Gasteiger partial charge in [-0.2, -0.15) is 0 Å². The number of hydrogen-bond acceptors (Lipinski definition) is 3. The lowest BCUT2D eigenvalue weighted by molar-refractivity contribution is -0.116. The molecule has 0 aromatic rings. The number of Topliss-reactive ketones (excluding diaryl/α,β-unsaturated/α-hetero) is 1. The van der Waals surface area contributed by atoms with Gasteiger partial charge in [-0.25, -0.2) is 0 Å². The highest BCUT2D eigenvalue weighted by Gasteiger charge is 2.21. The number of hydrogen-bond donors (Lipinski definition) is 1. The Hall–Kier alpha value is -0.410. The maximum Gasteiger partial charge on any atom is 0.148 e. The molecule has 1 aliphatic heterocycles. The summed E-state index contributed by atoms with van der Waals surface area (Å²) in [4.78, 5) is 13.5. The van der Waals surface area contributed by atoms with E-state index in [2.05, 4.69) is 31.0 Å². The van der Waals surface area contributed by atoms with E-state index >= 15 is 0 Å². The summed E-state index contributed by atoms with van der Waals surface area (Å²) in [6, 6.07) is 1.03. The topological polar surface area (TPSA) is 32.3 Å². The van der Waals surface area contributed by atoms with E-state index in [1.165, 1.54) is 0 Å². The SMILES string of the molecule is CCN(CCC1CC(=O)CN1)C(C)C. The molecule has 0 saturated carbocycles. The number of carbonyl (C=O) groups is 1. The zero-order valence-electron chi connectivity index (χ0n) is 9.55. The van der Waals surface area contributed by atoms with Crippen LogP contribution in [-0.4, -0.2) is 42.4 Å². The first-order valence-corrected chi connectivity index (χ1v) is 5.62. The van der Waals surface area contributed by atoms with Crippen molar-refractivity contribution in [3.05, 3.63) is 0 Å². The van der Waals surface area contributed by atoms with E-state index in [9.17, 15) is 4.79 Å². The van der Waals surface area contributed by atoms with Crippen LogP contribution in [0.4, 0.5) is 0 Å². The summed E-state index contributed by atoms with van der Waals surface area (Å²) in [7, 11) is 0. The van der Waals surface area contributed by atoms with Gasteiger partial charge in [-0.3, -0.25) is 4.79 Å². The third kappa shape index (κ3) is 3.39. The van der Waals surface area contributed by atoms with Crippen LogP contribution in [0.5, 0.6) is 0 Å². The van der Waals surface area contributed by atoms with Crippen LogP contribution in [0.3, 0.4) is 0 Å². The molecule has 3 heteroatoms. The van der Waals surface area contributed by atoms with Gasteiger partial charge < -0.3 is 10.2 Å². The normalized spacial score (nSPS) is 22.6. The fraction of sp³-hybridized carbons (Fsp3) is 0.909. The molecule has 0 spiro atoms. The molecule has 1 N–H and O–H groups in total. The van der Waals surface area contributed by atoms with Gasteiger partial charge in [0, 0.05) is 18.5 Å². The molecule has 1 atom stereocenters. The van der Waals surface area contributed by atoms with Gasteiger partial charge in [0.15, 0.2) is 0 Å². The minimum absolute atomic E-state index is 0.364. The molecular formula is C11H22N2O. The first-order valence-electron chi connectivity index (χ1n) is 5.62. The lowest BCUT2D eigenvalue weighted by Gasteiger charge is -2.25. The summed E-state index contributed by atoms with van der Waals surface area (Å²) in [6.07, 6.45) is 1.83. The second-order valence-corrected chi connectivity index (χ2v) is 4.33. The van der Waals surface area contributed by atoms with Crippen molar-refractivity contribution in [1.82, 2.24) is 10.2 Å². The molecule has 3 nitrogen and oxygen atoms in total. The summed E-state index contributed by atoms with van der Waals surface area (Å²) >= 11 is 0. The fourth-order valence-corrected chi connectivity index (χ4v) is 1.98. The zero-order valence-corrected chi connectivity index (χ0v) is 9.55. The number of ketones is 1. The molecule has 0 amide bonds. The Balaban J connectivity index is 2.22. The van der Waals surface area contributed by atoms with Crippen molar-refractivity contribution < 1.29 is 4.79 Å². The van der Waals surface area contributed by atoms with Crippen molar-refractivity contribution in [2.45, 2.75) is 45.7 Å². The van der Waals surface area contributed by atoms with Crippen molar-refractivity contribution in [3.8, 4) is 0 Å². The average molecular weight is 198 g/mol. The van der Waals surface area contributed by atoms with E-state index in [0.29, 0.717) is 24.4 Å². The minimum Gasteiger partial charge on any atom is -0.307 e. The molecular weight excluding hydrogens is 176 g/mol. The molecule has 1 heterocycles. The lowest BCUT2D eigenvalue weighted by Crippen LogP contribution is -2.35. The minimum atomic E-state index is 0.364. The summed E-state index contributed by atoms with van der Waals surface area (Å²) in [5.41, 5.74) is 0. The van der Waals surface area contributed by atoms with Crippen LogP contribution in [0.1, 0.15) is 33.6 Å². The van der Waals surface area contributed by atoms with Crippen molar-refractivity contribution in [2.75, 3.05) is 19.6 Å². The van der Waals surface area contributed by atoms with Crippen molar-refractivity contribution in [1.29, 1.82) is 0 Å². The highest BCUT2D eigenvalue weighted by molar-refractivity contribution is 5.83. The van der Waals surface area contributed by atoms with Crippen LogP contribution in [0.15, 0.2) is 0 Å². The molecule has 0 aliphatic carbocycles. The lowest BCUT2D eigenvalue weighted by atomic mass is 10.1. The van der Waals surface area contributed by atoms with Gasteiger partial charge in [0.25, 0.3) is 0 Å². The maximum atomic E-state index is 11.0. The molecule has 0 radical (unpaired) electrons. The van der Waals surface area contributed by atoms with E-state index in [1.54, 1.807) is 0 Å². The third-order valence-electron chi connectivity index (χ3n) is 2.96. The Labute approximate surface area is 86.9 Å². The second kappa shape index (κ2) is 5.47. The van der Waals surface area contributed by atoms with E-state index in [0.717, 1.165) is 25.9 Å². The molecule has 1 saturated heterocycles. The monoisotopic (exact) mass is 198 g/mol. The maximum absolute atomic E-state index is 11.0. The van der Waals surface area contributed by atoms with Crippen molar-refractivity contribution in [2.24, 2.45) is 0 Å². The zero-order chi connectivity index (χ0) is 10.6. The molecule has 14 heavy (non-hydrogen) atoms. The average Bonchev–Trinajstić information content (AvgIpc) is 2.52. The van der Waals surface area contributed by atoms with Crippen LogP contribution in [-0.2, 0) is 4.79 Å². The van der Waals surface area contributed by atoms with Gasteiger partial charge in [0.05, 0.1) is 6.54 Å². The molecule has 82 valence electrons. The van der Waals surface area contributed by atoms with Gasteiger partial charge in [-0.15, -0.1) is 0 Å². The number of rotatable bonds is 5. The van der Waals surface area contributed by atoms with Crippen LogP contribution in [0, 0.1) is 0 Å². The third-order valence-corrected chi connectivity index (χ3v) is 2.96. The summed E-state index contributed by atoms with van der Waals surface area (Å²) in [5.74, 6) is 0.364. The smallest absolute Gasteiger partial charge is 0.148 e. The standard InChI is InChI=1S/C11H22N2O/c1-4-13(9(2)3)6-5-10-7-11(14)8-12-10/h9-10,12H,4-8H2,1-3H3. The Bertz CT molecular complexity index is 192. The van der Waals surface area contributed by atoms with E-state index in [4.69, 9.17) is 0 Å². The van der Waals surface area contributed by atoms with E-state index in [-0.39, 0.29) is 0 Å². The predicted octanol–water partition coefficient (Wildman–Crippen LogP) is 1.04. The summed E-state index contributed by atoms with van der Waals surface area (Å²) in [6.45, 7) is 9.40. The van der Waals surface area contributed by atoms with Gasteiger partial charge in [-0.1, -0.05) is 6.92 Å². The molecule has 1 rings (SSSR count). The van der Waals surface area contributed by atoms with Gasteiger partial charge in [0.2, 0.25) is 0 Å². The molecule has 0 aromatic carbocycles. The number of nitrogens with zero attached hydrogens (tertiary/aromatic N) is 1. The summed E-state index contributed by atoms with van der Waals surface area (Å²) < 4.78 is 0. The van der Waals surface area contributed by atoms with E-state index < -0.39 is 0 Å². The number of nitrogens with one attached hydrogen (secondary N) is 1. The number of carbonyl (C=O) groups excluding carboxylic acids is 1. The largest absolute Gasteiger partial charge is 0.307 e. The molecule has 0 aromatic heterocycles. The van der Waals surface area contributed by atoms with Crippen molar-refractivity contribution in [3.63, 3.8) is 0 Å². The van der Waals surface area contributed by atoms with Crippen molar-refractivity contribution >= 4 is 5.78 Å². The van der Waals surface area contributed by atoms with Gasteiger partial charge >= 0.3 is 0 Å². The van der Waals surface area contributed by atoms with Crippen LogP contribution >= 0.6 is 0 Å². The fourth-order valence-electron chi connectivity index (χ4n) is 1.98. The van der Waals surface area contributed by atoms with Crippen LogP contribution < -0.4 is 5.32 Å². The predicted molar refractivity (Wildman–Crippen MR) is 58.4 cm³/mol. The van der Waals surface area contributed by atoms with Gasteiger partial charge in [-0.05, 0) is 33.4 Å². The van der Waals surface area contributed by atoms with E-state index in [1.807, 2.05) is 0 Å². The molecule has 0 bridgehead atoms. The quantitative estimate of drug-likeness (QED) is 0.716. The summed E-state index contributed by atoms with van der Waals surface area (Å²) in [5, 5.41) is 3.25. The van der Waals surface area contributed by atoms with Gasteiger partial charge in [0.1, 0.15) is 5.78 Å². The molecule has 1 fully saturated rings. The Morgan fingerprint density at radius 1 is 1.57 bits per heavy atom. The van der Waals surface area contributed by atoms with Crippen LogP contribution in [0.2, 0.25) is 0 Å². The Morgan fingerprint density at radius 2 is 2.29 bits per heavy atom. The van der Waals surface area contributed by atoms with Crippen LogP contribution in [0.25, 0.3) is 0 Å². The molecule has 1 unspecified atom stereocenters.